The molecule has 0 radical (unpaired) electrons. The Hall–Kier alpha value is -2.01. The first kappa shape index (κ1) is 15.9. The number of aryl methyl sites for hydroxylation is 1. The molecule has 1 saturated heterocycles. The van der Waals surface area contributed by atoms with Crippen molar-refractivity contribution in [1.82, 2.24) is 15.1 Å². The van der Waals surface area contributed by atoms with Gasteiger partial charge in [0.15, 0.2) is 0 Å². The topological polar surface area (TPSA) is 69.2 Å². The maximum absolute atomic E-state index is 12.4. The molecule has 5 nitrogen and oxygen atoms in total. The maximum Gasteiger partial charge on any atom is 0.226 e. The molecule has 0 aliphatic carbocycles. The first-order valence-electron chi connectivity index (χ1n) is 7.79. The van der Waals surface area contributed by atoms with Crippen LogP contribution in [0.5, 0.6) is 5.75 Å². The van der Waals surface area contributed by atoms with Crippen molar-refractivity contribution in [3.8, 4) is 5.75 Å². The third-order valence-electron chi connectivity index (χ3n) is 4.49. The van der Waals surface area contributed by atoms with Crippen molar-refractivity contribution in [2.24, 2.45) is 0 Å². The van der Waals surface area contributed by atoms with E-state index < -0.39 is 0 Å². The second kappa shape index (κ2) is 6.62. The van der Waals surface area contributed by atoms with Crippen molar-refractivity contribution < 1.29 is 9.90 Å². The number of carbonyl (C=O) groups excluding carboxylic acids is 1. The number of likely N-dealkylation sites (tertiary alicyclic amines) is 1. The number of hydrogen-bond donors (Lipinski definition) is 2. The molecule has 1 amide bonds. The van der Waals surface area contributed by atoms with Crippen molar-refractivity contribution in [1.29, 1.82) is 0 Å². The molecule has 1 aliphatic heterocycles. The number of carbonyl (C=O) groups is 1. The van der Waals surface area contributed by atoms with Gasteiger partial charge in [0.1, 0.15) is 5.75 Å². The minimum absolute atomic E-state index is 0.0404. The zero-order valence-corrected chi connectivity index (χ0v) is 13.8. The molecule has 0 saturated carbocycles. The predicted octanol–water partition coefficient (Wildman–Crippen LogP) is 3.03. The lowest BCUT2D eigenvalue weighted by molar-refractivity contribution is -0.131. The molecule has 3 rings (SSSR count). The number of halogens is 1. The molecule has 1 aromatic carbocycles. The molecule has 1 aromatic heterocycles. The lowest BCUT2D eigenvalue weighted by Gasteiger charge is -2.32. The Labute approximate surface area is 140 Å². The number of nitrogens with one attached hydrogen (secondary N) is 1. The number of amides is 1. The highest BCUT2D eigenvalue weighted by Gasteiger charge is 2.25. The Balaban J connectivity index is 1.58. The van der Waals surface area contributed by atoms with E-state index in [1.807, 2.05) is 11.1 Å². The van der Waals surface area contributed by atoms with E-state index in [2.05, 4.69) is 17.1 Å². The summed E-state index contributed by atoms with van der Waals surface area (Å²) < 4.78 is 0. The summed E-state index contributed by atoms with van der Waals surface area (Å²) in [6.45, 7) is 3.58. The van der Waals surface area contributed by atoms with Crippen LogP contribution in [0, 0.1) is 6.92 Å². The van der Waals surface area contributed by atoms with Gasteiger partial charge in [-0.05, 0) is 43.0 Å². The summed E-state index contributed by atoms with van der Waals surface area (Å²) in [5.41, 5.74) is 3.21. The largest absolute Gasteiger partial charge is 0.506 e. The van der Waals surface area contributed by atoms with Crippen LogP contribution < -0.4 is 0 Å². The maximum atomic E-state index is 12.4. The number of rotatable bonds is 3. The zero-order chi connectivity index (χ0) is 16.4. The van der Waals surface area contributed by atoms with E-state index in [0.717, 1.165) is 31.5 Å². The fourth-order valence-electron chi connectivity index (χ4n) is 3.13. The van der Waals surface area contributed by atoms with Gasteiger partial charge in [0.2, 0.25) is 5.91 Å². The van der Waals surface area contributed by atoms with Crippen LogP contribution in [0.1, 0.15) is 35.6 Å². The van der Waals surface area contributed by atoms with Crippen LogP contribution in [0.4, 0.5) is 0 Å². The number of benzene rings is 1. The lowest BCUT2D eigenvalue weighted by Crippen LogP contribution is -2.38. The third kappa shape index (κ3) is 3.50. The second-order valence-electron chi connectivity index (χ2n) is 6.08. The minimum Gasteiger partial charge on any atom is -0.506 e. The number of nitrogens with zero attached hydrogens (tertiary/aromatic N) is 2. The van der Waals surface area contributed by atoms with E-state index >= 15 is 0 Å². The van der Waals surface area contributed by atoms with Gasteiger partial charge in [-0.25, -0.2) is 0 Å². The number of H-pyrrole nitrogens is 1. The number of phenols is 1. The predicted molar refractivity (Wildman–Crippen MR) is 88.7 cm³/mol. The Morgan fingerprint density at radius 3 is 2.78 bits per heavy atom. The standard InChI is InChI=1S/C17H20ClN3O2/c1-11-10-19-20-17(11)13-4-6-21(7-5-13)16(23)9-12-2-3-15(22)14(18)8-12/h2-3,8,10,13,22H,4-7,9H2,1H3,(H,19,20). The Kier molecular flexibility index (Phi) is 4.57. The monoisotopic (exact) mass is 333 g/mol. The van der Waals surface area contributed by atoms with E-state index in [9.17, 15) is 9.90 Å². The van der Waals surface area contributed by atoms with E-state index in [-0.39, 0.29) is 16.7 Å². The van der Waals surface area contributed by atoms with Gasteiger partial charge in [-0.3, -0.25) is 9.89 Å². The summed E-state index contributed by atoms with van der Waals surface area (Å²) in [6, 6.07) is 4.91. The zero-order valence-electron chi connectivity index (χ0n) is 13.1. The Morgan fingerprint density at radius 1 is 1.43 bits per heavy atom. The molecule has 122 valence electrons. The van der Waals surface area contributed by atoms with Crippen molar-refractivity contribution in [3.63, 3.8) is 0 Å². The summed E-state index contributed by atoms with van der Waals surface area (Å²) in [5.74, 6) is 0.592. The molecule has 2 N–H and O–H groups in total. The van der Waals surface area contributed by atoms with Crippen LogP contribution in [0.15, 0.2) is 24.4 Å². The fourth-order valence-corrected chi connectivity index (χ4v) is 3.34. The molecular weight excluding hydrogens is 314 g/mol. The quantitative estimate of drug-likeness (QED) is 0.907. The molecule has 1 fully saturated rings. The Morgan fingerprint density at radius 2 is 2.17 bits per heavy atom. The van der Waals surface area contributed by atoms with E-state index in [4.69, 9.17) is 11.6 Å². The van der Waals surface area contributed by atoms with E-state index in [1.54, 1.807) is 12.1 Å². The van der Waals surface area contributed by atoms with Crippen LogP contribution in [0.2, 0.25) is 5.02 Å². The first-order chi connectivity index (χ1) is 11.0. The highest BCUT2D eigenvalue weighted by Crippen LogP contribution is 2.29. The molecule has 2 aromatic rings. The number of piperidine rings is 1. The van der Waals surface area contributed by atoms with Gasteiger partial charge in [0.05, 0.1) is 17.6 Å². The second-order valence-corrected chi connectivity index (χ2v) is 6.49. The summed E-state index contributed by atoms with van der Waals surface area (Å²) in [6.07, 6.45) is 4.06. The van der Waals surface area contributed by atoms with Gasteiger partial charge in [-0.1, -0.05) is 17.7 Å². The average molecular weight is 334 g/mol. The number of aromatic nitrogens is 2. The van der Waals surface area contributed by atoms with Crippen LogP contribution in [-0.4, -0.2) is 39.2 Å². The van der Waals surface area contributed by atoms with Crippen LogP contribution in [0.3, 0.4) is 0 Å². The molecule has 6 heteroatoms. The molecule has 0 spiro atoms. The van der Waals surface area contributed by atoms with Crippen LogP contribution in [-0.2, 0) is 11.2 Å². The van der Waals surface area contributed by atoms with Gasteiger partial charge in [0.25, 0.3) is 0 Å². The van der Waals surface area contributed by atoms with Gasteiger partial charge in [-0.2, -0.15) is 5.10 Å². The molecular formula is C17H20ClN3O2. The van der Waals surface area contributed by atoms with Gasteiger partial charge in [-0.15, -0.1) is 0 Å². The van der Waals surface area contributed by atoms with Crippen molar-refractivity contribution in [2.45, 2.75) is 32.1 Å². The molecule has 0 atom stereocenters. The normalized spacial score (nSPS) is 15.8. The molecule has 0 unspecified atom stereocenters. The van der Waals surface area contributed by atoms with Gasteiger partial charge < -0.3 is 10.0 Å². The van der Waals surface area contributed by atoms with E-state index in [1.165, 1.54) is 17.3 Å². The first-order valence-corrected chi connectivity index (χ1v) is 8.17. The van der Waals surface area contributed by atoms with Crippen molar-refractivity contribution in [2.75, 3.05) is 13.1 Å². The SMILES string of the molecule is Cc1cn[nH]c1C1CCN(C(=O)Cc2ccc(O)c(Cl)c2)CC1. The van der Waals surface area contributed by atoms with Crippen molar-refractivity contribution >= 4 is 17.5 Å². The number of phenolic OH excluding ortho intramolecular Hbond substituents is 1. The summed E-state index contributed by atoms with van der Waals surface area (Å²) in [7, 11) is 0. The fraction of sp³-hybridized carbons (Fsp3) is 0.412. The van der Waals surface area contributed by atoms with Crippen LogP contribution in [0.25, 0.3) is 0 Å². The van der Waals surface area contributed by atoms with Crippen molar-refractivity contribution in [3.05, 3.63) is 46.2 Å². The van der Waals surface area contributed by atoms with Crippen LogP contribution >= 0.6 is 11.6 Å². The number of aromatic hydroxyl groups is 1. The minimum atomic E-state index is 0.0404. The summed E-state index contributed by atoms with van der Waals surface area (Å²) in [5, 5.41) is 16.9. The molecule has 1 aliphatic rings. The number of aromatic amines is 1. The number of hydrogen-bond acceptors (Lipinski definition) is 3. The highest BCUT2D eigenvalue weighted by molar-refractivity contribution is 6.32. The van der Waals surface area contributed by atoms with Gasteiger partial charge >= 0.3 is 0 Å². The smallest absolute Gasteiger partial charge is 0.226 e. The van der Waals surface area contributed by atoms with Gasteiger partial charge in [0, 0.05) is 24.7 Å². The third-order valence-corrected chi connectivity index (χ3v) is 4.79. The summed E-state index contributed by atoms with van der Waals surface area (Å²) >= 11 is 5.89. The molecule has 2 heterocycles. The molecule has 23 heavy (non-hydrogen) atoms. The summed E-state index contributed by atoms with van der Waals surface area (Å²) in [4.78, 5) is 14.3. The highest BCUT2D eigenvalue weighted by atomic mass is 35.5. The Bertz CT molecular complexity index is 706. The average Bonchev–Trinajstić information content (AvgIpc) is 2.97. The molecule has 0 bridgehead atoms. The lowest BCUT2D eigenvalue weighted by atomic mass is 9.91. The van der Waals surface area contributed by atoms with E-state index in [0.29, 0.717) is 12.3 Å².